The summed E-state index contributed by atoms with van der Waals surface area (Å²) in [5, 5.41) is 0. The molecule has 0 bridgehead atoms. The van der Waals surface area contributed by atoms with E-state index in [0.717, 1.165) is 17.4 Å². The van der Waals surface area contributed by atoms with Gasteiger partial charge in [0.15, 0.2) is 0 Å². The summed E-state index contributed by atoms with van der Waals surface area (Å²) in [5.41, 5.74) is 2.63. The molecule has 1 aromatic heterocycles. The van der Waals surface area contributed by atoms with Gasteiger partial charge >= 0.3 is 0 Å². The van der Waals surface area contributed by atoms with Gasteiger partial charge in [-0.05, 0) is 17.7 Å². The van der Waals surface area contributed by atoms with Gasteiger partial charge in [0.1, 0.15) is 0 Å². The summed E-state index contributed by atoms with van der Waals surface area (Å²) in [6.45, 7) is 0. The van der Waals surface area contributed by atoms with Crippen molar-refractivity contribution < 1.29 is 21.9 Å². The molecule has 0 N–H and O–H groups in total. The first-order chi connectivity index (χ1) is 6.90. The number of hydrogen-bond acceptors (Lipinski definition) is 2. The number of carbonyl (C=O) groups is 1. The molecule has 0 aliphatic rings. The summed E-state index contributed by atoms with van der Waals surface area (Å²) in [6, 6.07) is 12.1. The second-order valence-corrected chi connectivity index (χ2v) is 2.89. The molecule has 0 atom stereocenters. The number of pyridine rings is 1. The topological polar surface area (TPSA) is 30.0 Å². The smallest absolute Gasteiger partial charge is 0.0655 e. The number of aldehydes is 1. The average Bonchev–Trinajstić information content (AvgIpc) is 2.30. The van der Waals surface area contributed by atoms with Crippen LogP contribution in [0.25, 0.3) is 11.1 Å². The van der Waals surface area contributed by atoms with Crippen molar-refractivity contribution >= 4 is 6.29 Å². The Morgan fingerprint density at radius 2 is 1.87 bits per heavy atom. The standard InChI is InChI=1S/C12H8NO.Mn/c14-9-10-2-1-3-12(8-10)11-4-6-13-7-5-11;/h1,3-9H;/q-1;. The van der Waals surface area contributed by atoms with Crippen LogP contribution in [0.1, 0.15) is 10.4 Å². The summed E-state index contributed by atoms with van der Waals surface area (Å²) in [6.07, 6.45) is 4.25. The molecule has 2 nitrogen and oxygen atoms in total. The fourth-order valence-electron chi connectivity index (χ4n) is 1.28. The molecule has 0 saturated heterocycles. The minimum absolute atomic E-state index is 0. The number of hydrogen-bond donors (Lipinski definition) is 0. The summed E-state index contributed by atoms with van der Waals surface area (Å²) in [4.78, 5) is 14.5. The molecule has 3 heteroatoms. The van der Waals surface area contributed by atoms with Crippen LogP contribution >= 0.6 is 0 Å². The van der Waals surface area contributed by atoms with Gasteiger partial charge in [0.25, 0.3) is 0 Å². The number of aromatic nitrogens is 1. The third-order valence-corrected chi connectivity index (χ3v) is 1.96. The van der Waals surface area contributed by atoms with Crippen LogP contribution in [0.5, 0.6) is 0 Å². The fraction of sp³-hybridized carbons (Fsp3) is 0. The van der Waals surface area contributed by atoms with E-state index in [9.17, 15) is 4.79 Å². The van der Waals surface area contributed by atoms with Gasteiger partial charge in [0, 0.05) is 29.5 Å². The van der Waals surface area contributed by atoms with Crippen molar-refractivity contribution in [3.8, 4) is 11.1 Å². The molecule has 1 heterocycles. The first-order valence-electron chi connectivity index (χ1n) is 4.27. The Bertz CT molecular complexity index is 442. The van der Waals surface area contributed by atoms with Gasteiger partial charge in [-0.3, -0.25) is 4.98 Å². The van der Waals surface area contributed by atoms with Crippen LogP contribution in [0.2, 0.25) is 0 Å². The third-order valence-electron chi connectivity index (χ3n) is 1.96. The van der Waals surface area contributed by atoms with Crippen molar-refractivity contribution in [1.29, 1.82) is 0 Å². The fourth-order valence-corrected chi connectivity index (χ4v) is 1.28. The average molecular weight is 237 g/mol. The molecular formula is C12H8MnNO-. The molecule has 0 fully saturated rings. The van der Waals surface area contributed by atoms with Crippen LogP contribution in [-0.2, 0) is 17.1 Å². The van der Waals surface area contributed by atoms with Crippen molar-refractivity contribution in [2.24, 2.45) is 0 Å². The van der Waals surface area contributed by atoms with Crippen LogP contribution < -0.4 is 0 Å². The van der Waals surface area contributed by atoms with Crippen LogP contribution in [0, 0.1) is 6.07 Å². The van der Waals surface area contributed by atoms with Crippen molar-refractivity contribution in [3.05, 3.63) is 54.4 Å². The summed E-state index contributed by atoms with van der Waals surface area (Å²) in [5.74, 6) is 0. The van der Waals surface area contributed by atoms with E-state index in [1.54, 1.807) is 18.5 Å². The van der Waals surface area contributed by atoms with Crippen LogP contribution in [0.4, 0.5) is 0 Å². The molecule has 75 valence electrons. The van der Waals surface area contributed by atoms with Crippen LogP contribution in [0.3, 0.4) is 0 Å². The molecule has 2 aromatic rings. The van der Waals surface area contributed by atoms with Crippen molar-refractivity contribution in [1.82, 2.24) is 4.98 Å². The SMILES string of the molecule is O=Cc1[c-]ccc(-c2ccncc2)c1.[Mn]. The maximum atomic E-state index is 10.5. The van der Waals surface area contributed by atoms with E-state index in [4.69, 9.17) is 0 Å². The summed E-state index contributed by atoms with van der Waals surface area (Å²) in [7, 11) is 0. The quantitative estimate of drug-likeness (QED) is 0.456. The molecular weight excluding hydrogens is 229 g/mol. The second-order valence-electron chi connectivity index (χ2n) is 2.89. The molecule has 1 aromatic carbocycles. The summed E-state index contributed by atoms with van der Waals surface area (Å²) < 4.78 is 0. The Hall–Kier alpha value is -1.44. The Balaban J connectivity index is 0.00000112. The molecule has 0 amide bonds. The molecule has 15 heavy (non-hydrogen) atoms. The van der Waals surface area contributed by atoms with Gasteiger partial charge in [-0.15, -0.1) is 35.4 Å². The maximum Gasteiger partial charge on any atom is 0.0655 e. The molecule has 0 aliphatic heterocycles. The minimum atomic E-state index is 0. The Morgan fingerprint density at radius 3 is 2.53 bits per heavy atom. The van der Waals surface area contributed by atoms with Crippen molar-refractivity contribution in [2.75, 3.05) is 0 Å². The van der Waals surface area contributed by atoms with E-state index in [1.807, 2.05) is 24.3 Å². The third kappa shape index (κ3) is 2.75. The Labute approximate surface area is 98.8 Å². The largest absolute Gasteiger partial charge is 0.355 e. The van der Waals surface area contributed by atoms with Gasteiger partial charge in [-0.1, -0.05) is 0 Å². The first-order valence-corrected chi connectivity index (χ1v) is 4.27. The number of benzene rings is 1. The minimum Gasteiger partial charge on any atom is -0.355 e. The van der Waals surface area contributed by atoms with E-state index in [0.29, 0.717) is 5.56 Å². The van der Waals surface area contributed by atoms with Gasteiger partial charge in [0.2, 0.25) is 0 Å². The number of rotatable bonds is 2. The molecule has 0 spiro atoms. The summed E-state index contributed by atoms with van der Waals surface area (Å²) >= 11 is 0. The van der Waals surface area contributed by atoms with Gasteiger partial charge in [-0.2, -0.15) is 0 Å². The first kappa shape index (κ1) is 11.6. The molecule has 2 rings (SSSR count). The van der Waals surface area contributed by atoms with Crippen molar-refractivity contribution in [3.63, 3.8) is 0 Å². The second kappa shape index (κ2) is 5.44. The van der Waals surface area contributed by atoms with E-state index in [1.165, 1.54) is 0 Å². The molecule has 0 unspecified atom stereocenters. The molecule has 1 radical (unpaired) electrons. The normalized spacial score (nSPS) is 9.07. The monoisotopic (exact) mass is 237 g/mol. The van der Waals surface area contributed by atoms with Gasteiger partial charge < -0.3 is 4.79 Å². The van der Waals surface area contributed by atoms with Gasteiger partial charge in [0.05, 0.1) is 6.29 Å². The molecule has 0 aliphatic carbocycles. The van der Waals surface area contributed by atoms with Crippen molar-refractivity contribution in [2.45, 2.75) is 0 Å². The van der Waals surface area contributed by atoms with E-state index < -0.39 is 0 Å². The Morgan fingerprint density at radius 1 is 1.13 bits per heavy atom. The predicted molar refractivity (Wildman–Crippen MR) is 53.9 cm³/mol. The zero-order chi connectivity index (χ0) is 9.80. The van der Waals surface area contributed by atoms with Crippen LogP contribution in [-0.4, -0.2) is 11.3 Å². The van der Waals surface area contributed by atoms with Gasteiger partial charge in [-0.25, -0.2) is 0 Å². The zero-order valence-corrected chi connectivity index (χ0v) is 9.03. The van der Waals surface area contributed by atoms with E-state index in [-0.39, 0.29) is 17.1 Å². The number of nitrogens with zero attached hydrogens (tertiary/aromatic N) is 1. The zero-order valence-electron chi connectivity index (χ0n) is 7.85. The Kier molecular flexibility index (Phi) is 4.22. The van der Waals surface area contributed by atoms with Crippen LogP contribution in [0.15, 0.2) is 42.7 Å². The number of carbonyl (C=O) groups excluding carboxylic acids is 1. The molecule has 0 saturated carbocycles. The predicted octanol–water partition coefficient (Wildman–Crippen LogP) is 2.36. The van der Waals surface area contributed by atoms with E-state index in [2.05, 4.69) is 11.1 Å². The van der Waals surface area contributed by atoms with E-state index >= 15 is 0 Å². The maximum absolute atomic E-state index is 10.5.